The number of nitrogens with one attached hydrogen (secondary N) is 1. The third-order valence-corrected chi connectivity index (χ3v) is 9.84. The normalized spacial score (nSPS) is 14.1. The van der Waals surface area contributed by atoms with Gasteiger partial charge in [-0.05, 0) is 76.8 Å². The Morgan fingerprint density at radius 1 is 0.792 bits per heavy atom. The molecule has 1 N–H and O–H groups in total. The first-order valence-electron chi connectivity index (χ1n) is 17.8. The lowest BCUT2D eigenvalue weighted by Crippen LogP contribution is -2.33. The second kappa shape index (κ2) is 15.9. The Bertz CT molecular complexity index is 2170. The lowest BCUT2D eigenvalue weighted by molar-refractivity contribution is 0.0448. The fraction of sp³-hybridized carbons (Fsp3) is 0.318. The van der Waals surface area contributed by atoms with Crippen LogP contribution in [-0.4, -0.2) is 55.3 Å². The van der Waals surface area contributed by atoms with Crippen molar-refractivity contribution in [3.05, 3.63) is 119 Å². The molecule has 0 aliphatic heterocycles. The lowest BCUT2D eigenvalue weighted by atomic mass is 9.63. The number of anilines is 2. The summed E-state index contributed by atoms with van der Waals surface area (Å²) in [5.41, 5.74) is 6.92. The third kappa shape index (κ3) is 8.67. The molecule has 9 heteroatoms. The van der Waals surface area contributed by atoms with Gasteiger partial charge in [0.25, 0.3) is 0 Å². The number of carbonyl (C=O) groups excluding carboxylic acids is 2. The number of carbonyl (C=O) groups is 2. The van der Waals surface area contributed by atoms with Crippen molar-refractivity contribution < 1.29 is 28.5 Å². The molecule has 5 aromatic rings. The average molecular weight is 712 g/mol. The Kier molecular flexibility index (Phi) is 11.1. The number of benzene rings is 4. The Labute approximate surface area is 311 Å². The smallest absolute Gasteiger partial charge is 0.338 e. The molecule has 53 heavy (non-hydrogen) atoms. The van der Waals surface area contributed by atoms with Crippen LogP contribution in [0.4, 0.5) is 11.5 Å². The van der Waals surface area contributed by atoms with Gasteiger partial charge in [0.15, 0.2) is 17.3 Å². The van der Waals surface area contributed by atoms with Crippen LogP contribution in [0.25, 0.3) is 10.9 Å². The fourth-order valence-electron chi connectivity index (χ4n) is 6.64. The first-order valence-corrected chi connectivity index (χ1v) is 17.8. The Morgan fingerprint density at radius 2 is 1.49 bits per heavy atom. The molecule has 0 amide bonds. The lowest BCUT2D eigenvalue weighted by Gasteiger charge is -2.42. The van der Waals surface area contributed by atoms with Gasteiger partial charge in [-0.2, -0.15) is 0 Å². The number of methoxy groups -OCH3 is 1. The number of ether oxygens (including phenoxy) is 4. The van der Waals surface area contributed by atoms with Gasteiger partial charge in [0.1, 0.15) is 32.0 Å². The summed E-state index contributed by atoms with van der Waals surface area (Å²) in [6.45, 7) is 9.86. The minimum Gasteiger partial charge on any atom is -0.487 e. The second-order valence-electron chi connectivity index (χ2n) is 14.5. The van der Waals surface area contributed by atoms with Crippen molar-refractivity contribution in [1.29, 1.82) is 0 Å². The topological polar surface area (TPSA) is 109 Å². The molecule has 0 saturated carbocycles. The van der Waals surface area contributed by atoms with Gasteiger partial charge in [0, 0.05) is 41.8 Å². The van der Waals surface area contributed by atoms with Crippen molar-refractivity contribution in [2.45, 2.75) is 57.8 Å². The first kappa shape index (κ1) is 37.1. The molecule has 272 valence electrons. The summed E-state index contributed by atoms with van der Waals surface area (Å²) in [6.07, 6.45) is 9.59. The number of terminal acetylenes is 1. The molecule has 0 fully saturated rings. The summed E-state index contributed by atoms with van der Waals surface area (Å²) in [7, 11) is 1.60. The number of esters is 1. The molecule has 1 aliphatic rings. The molecule has 0 spiro atoms. The quantitative estimate of drug-likeness (QED) is 0.0526. The van der Waals surface area contributed by atoms with Gasteiger partial charge in [0.2, 0.25) is 0 Å². The molecule has 1 heterocycles. The van der Waals surface area contributed by atoms with E-state index in [4.69, 9.17) is 25.4 Å². The van der Waals surface area contributed by atoms with E-state index in [-0.39, 0.29) is 29.8 Å². The highest BCUT2D eigenvalue weighted by atomic mass is 16.6. The van der Waals surface area contributed by atoms with Crippen LogP contribution < -0.4 is 14.8 Å². The third-order valence-electron chi connectivity index (χ3n) is 9.84. The van der Waals surface area contributed by atoms with Crippen molar-refractivity contribution in [2.75, 3.05) is 38.9 Å². The molecule has 0 saturated heterocycles. The highest BCUT2D eigenvalue weighted by Gasteiger charge is 2.37. The SMILES string of the molecule is C#Cc1cccc(Nc2ncnc3cc(OCCOC)c(OCCOC(=O)c4ccc(C(=O)Cc5ccc6c(c5)C(C)(C)CCC6(C)C)cc4)cc23)c1. The largest absolute Gasteiger partial charge is 0.487 e. The van der Waals surface area contributed by atoms with Gasteiger partial charge in [-0.3, -0.25) is 4.79 Å². The van der Waals surface area contributed by atoms with Crippen LogP contribution in [0.3, 0.4) is 0 Å². The summed E-state index contributed by atoms with van der Waals surface area (Å²) < 4.78 is 22.7. The monoisotopic (exact) mass is 711 g/mol. The van der Waals surface area contributed by atoms with Crippen molar-refractivity contribution in [2.24, 2.45) is 0 Å². The molecular weight excluding hydrogens is 666 g/mol. The van der Waals surface area contributed by atoms with Crippen LogP contribution in [0, 0.1) is 12.3 Å². The van der Waals surface area contributed by atoms with Crippen molar-refractivity contribution in [3.63, 3.8) is 0 Å². The van der Waals surface area contributed by atoms with Crippen LogP contribution in [0.15, 0.2) is 85.2 Å². The van der Waals surface area contributed by atoms with Crippen molar-refractivity contribution in [1.82, 2.24) is 9.97 Å². The number of hydrogen-bond donors (Lipinski definition) is 1. The molecule has 4 aromatic carbocycles. The molecule has 1 aliphatic carbocycles. The number of aromatic nitrogens is 2. The molecule has 0 atom stereocenters. The van der Waals surface area contributed by atoms with Gasteiger partial charge < -0.3 is 24.3 Å². The summed E-state index contributed by atoms with van der Waals surface area (Å²) in [6, 6.07) is 24.1. The molecule has 0 radical (unpaired) electrons. The zero-order valence-corrected chi connectivity index (χ0v) is 31.0. The molecule has 1 aromatic heterocycles. The summed E-state index contributed by atoms with van der Waals surface area (Å²) >= 11 is 0. The zero-order valence-electron chi connectivity index (χ0n) is 31.0. The molecular formula is C44H45N3O6. The van der Waals surface area contributed by atoms with Crippen LogP contribution in [0.5, 0.6) is 11.5 Å². The van der Waals surface area contributed by atoms with E-state index < -0.39 is 5.97 Å². The van der Waals surface area contributed by atoms with Gasteiger partial charge in [0.05, 0.1) is 17.7 Å². The number of ketones is 1. The maximum absolute atomic E-state index is 13.3. The molecule has 0 bridgehead atoms. The van der Waals surface area contributed by atoms with E-state index in [1.807, 2.05) is 24.3 Å². The van der Waals surface area contributed by atoms with Crippen LogP contribution in [-0.2, 0) is 26.7 Å². The molecule has 0 unspecified atom stereocenters. The van der Waals surface area contributed by atoms with Gasteiger partial charge in [-0.15, -0.1) is 6.42 Å². The van der Waals surface area contributed by atoms with Gasteiger partial charge in [-0.25, -0.2) is 14.8 Å². The first-order chi connectivity index (χ1) is 25.5. The number of hydrogen-bond acceptors (Lipinski definition) is 9. The summed E-state index contributed by atoms with van der Waals surface area (Å²) in [5, 5.41) is 4.00. The zero-order chi connectivity index (χ0) is 37.6. The Morgan fingerprint density at radius 3 is 2.23 bits per heavy atom. The van der Waals surface area contributed by atoms with E-state index in [9.17, 15) is 9.59 Å². The minimum atomic E-state index is -0.517. The average Bonchev–Trinajstić information content (AvgIpc) is 3.15. The predicted molar refractivity (Wildman–Crippen MR) is 207 cm³/mol. The van der Waals surface area contributed by atoms with E-state index >= 15 is 0 Å². The van der Waals surface area contributed by atoms with Crippen LogP contribution >= 0.6 is 0 Å². The van der Waals surface area contributed by atoms with Gasteiger partial charge >= 0.3 is 5.97 Å². The summed E-state index contributed by atoms with van der Waals surface area (Å²) in [5.74, 6) is 3.56. The van der Waals surface area contributed by atoms with Gasteiger partial charge in [-0.1, -0.05) is 70.0 Å². The molecule has 9 nitrogen and oxygen atoms in total. The Hall–Kier alpha value is -5.72. The van der Waals surface area contributed by atoms with Crippen molar-refractivity contribution in [3.8, 4) is 23.8 Å². The number of fused-ring (bicyclic) bond motifs is 2. The van der Waals surface area contributed by atoms with Crippen molar-refractivity contribution >= 4 is 34.2 Å². The maximum Gasteiger partial charge on any atom is 0.338 e. The number of rotatable bonds is 14. The second-order valence-corrected chi connectivity index (χ2v) is 14.5. The molecule has 6 rings (SSSR count). The van der Waals surface area contributed by atoms with E-state index in [0.717, 1.165) is 29.7 Å². The summed E-state index contributed by atoms with van der Waals surface area (Å²) in [4.78, 5) is 35.0. The number of nitrogens with zero attached hydrogens (tertiary/aromatic N) is 2. The highest BCUT2D eigenvalue weighted by Crippen LogP contribution is 2.46. The van der Waals surface area contributed by atoms with E-state index in [0.29, 0.717) is 59.0 Å². The van der Waals surface area contributed by atoms with E-state index in [1.165, 1.54) is 17.5 Å². The van der Waals surface area contributed by atoms with Crippen LogP contribution in [0.1, 0.15) is 83.5 Å². The number of Topliss-reactive ketones (excluding diaryl/α,β-unsaturated/α-hetero) is 1. The van der Waals surface area contributed by atoms with E-state index in [1.54, 1.807) is 43.5 Å². The minimum absolute atomic E-state index is 0.00473. The standard InChI is InChI=1S/C44H45N3O6/c1-7-29-9-8-10-33(23-29)47-41-34-26-39(40(51-20-19-50-6)27-37(34)45-28-46-41)52-21-22-53-42(49)32-14-12-31(13-15-32)38(48)25-30-11-16-35-36(24-30)44(4,5)18-17-43(35,2)3/h1,8-16,23-24,26-28H,17-22,25H2,2-6H3,(H,45,46,47). The predicted octanol–water partition coefficient (Wildman–Crippen LogP) is 8.39. The fourth-order valence-corrected chi connectivity index (χ4v) is 6.64. The van der Waals surface area contributed by atoms with E-state index in [2.05, 4.69) is 67.1 Å². The maximum atomic E-state index is 13.3. The van der Waals surface area contributed by atoms with Crippen LogP contribution in [0.2, 0.25) is 0 Å². The highest BCUT2D eigenvalue weighted by molar-refractivity contribution is 5.99. The Balaban J connectivity index is 1.08.